The van der Waals surface area contributed by atoms with Crippen molar-refractivity contribution in [2.45, 2.75) is 44.9 Å². The van der Waals surface area contributed by atoms with Crippen molar-refractivity contribution in [2.24, 2.45) is 5.92 Å². The number of carbonyl (C=O) groups is 1. The number of carbonyl (C=O) groups excluding carboxylic acids is 1. The summed E-state index contributed by atoms with van der Waals surface area (Å²) in [4.78, 5) is 14.1. The Morgan fingerprint density at radius 2 is 2.00 bits per heavy atom. The molecule has 106 valence electrons. The van der Waals surface area contributed by atoms with E-state index in [9.17, 15) is 4.79 Å². The SMILES string of the molecule is CN(C(=O)CC1CCCCCC1)c1cccc(C#N)c1. The third kappa shape index (κ3) is 3.84. The zero-order valence-electron chi connectivity index (χ0n) is 12.1. The highest BCUT2D eigenvalue weighted by atomic mass is 16.2. The van der Waals surface area contributed by atoms with Gasteiger partial charge in [0, 0.05) is 19.2 Å². The van der Waals surface area contributed by atoms with Crippen molar-refractivity contribution in [1.29, 1.82) is 5.26 Å². The van der Waals surface area contributed by atoms with Crippen LogP contribution in [0, 0.1) is 17.2 Å². The highest BCUT2D eigenvalue weighted by Crippen LogP contribution is 2.26. The number of benzene rings is 1. The van der Waals surface area contributed by atoms with Gasteiger partial charge in [-0.05, 0) is 37.0 Å². The summed E-state index contributed by atoms with van der Waals surface area (Å²) in [6, 6.07) is 9.34. The summed E-state index contributed by atoms with van der Waals surface area (Å²) in [6.07, 6.45) is 8.12. The Kier molecular flexibility index (Phi) is 5.17. The molecule has 1 fully saturated rings. The molecule has 0 N–H and O–H groups in total. The van der Waals surface area contributed by atoms with Gasteiger partial charge in [-0.2, -0.15) is 5.26 Å². The molecule has 0 radical (unpaired) electrons. The second kappa shape index (κ2) is 7.09. The van der Waals surface area contributed by atoms with Crippen LogP contribution in [0.2, 0.25) is 0 Å². The van der Waals surface area contributed by atoms with Crippen molar-refractivity contribution < 1.29 is 4.79 Å². The van der Waals surface area contributed by atoms with Gasteiger partial charge >= 0.3 is 0 Å². The smallest absolute Gasteiger partial charge is 0.226 e. The highest BCUT2D eigenvalue weighted by Gasteiger charge is 2.19. The summed E-state index contributed by atoms with van der Waals surface area (Å²) < 4.78 is 0. The third-order valence-corrected chi connectivity index (χ3v) is 4.17. The Morgan fingerprint density at radius 3 is 2.65 bits per heavy atom. The van der Waals surface area contributed by atoms with Crippen LogP contribution in [0.3, 0.4) is 0 Å². The first-order valence-electron chi connectivity index (χ1n) is 7.47. The van der Waals surface area contributed by atoms with E-state index in [1.165, 1.54) is 38.5 Å². The molecule has 3 nitrogen and oxygen atoms in total. The van der Waals surface area contributed by atoms with E-state index < -0.39 is 0 Å². The second-order valence-electron chi connectivity index (χ2n) is 5.68. The van der Waals surface area contributed by atoms with Gasteiger partial charge in [-0.25, -0.2) is 0 Å². The van der Waals surface area contributed by atoms with Crippen LogP contribution in [0.5, 0.6) is 0 Å². The maximum absolute atomic E-state index is 12.4. The Hall–Kier alpha value is -1.82. The summed E-state index contributed by atoms with van der Waals surface area (Å²) in [5, 5.41) is 8.92. The van der Waals surface area contributed by atoms with Crippen LogP contribution in [0.4, 0.5) is 5.69 Å². The Labute approximate surface area is 121 Å². The molecular formula is C17H22N2O. The molecule has 0 aromatic heterocycles. The summed E-state index contributed by atoms with van der Waals surface area (Å²) in [5.74, 6) is 0.693. The number of nitrogens with zero attached hydrogens (tertiary/aromatic N) is 2. The zero-order valence-corrected chi connectivity index (χ0v) is 12.1. The lowest BCUT2D eigenvalue weighted by molar-refractivity contribution is -0.119. The van der Waals surface area contributed by atoms with Gasteiger partial charge in [-0.15, -0.1) is 0 Å². The normalized spacial score (nSPS) is 16.2. The van der Waals surface area contributed by atoms with E-state index in [4.69, 9.17) is 5.26 Å². The molecule has 0 spiro atoms. The number of hydrogen-bond acceptors (Lipinski definition) is 2. The second-order valence-corrected chi connectivity index (χ2v) is 5.68. The largest absolute Gasteiger partial charge is 0.315 e. The molecular weight excluding hydrogens is 248 g/mol. The minimum Gasteiger partial charge on any atom is -0.315 e. The van der Waals surface area contributed by atoms with Gasteiger partial charge in [0.1, 0.15) is 0 Å². The van der Waals surface area contributed by atoms with Crippen LogP contribution in [0.15, 0.2) is 24.3 Å². The topological polar surface area (TPSA) is 44.1 Å². The summed E-state index contributed by atoms with van der Waals surface area (Å²) in [5.41, 5.74) is 1.40. The molecule has 1 aliphatic carbocycles. The lowest BCUT2D eigenvalue weighted by Crippen LogP contribution is -2.28. The molecule has 20 heavy (non-hydrogen) atoms. The maximum atomic E-state index is 12.4. The lowest BCUT2D eigenvalue weighted by atomic mass is 9.96. The standard InChI is InChI=1S/C17H22N2O/c1-19(16-10-6-9-15(11-16)13-18)17(20)12-14-7-4-2-3-5-8-14/h6,9-11,14H,2-5,7-8,12H2,1H3. The van der Waals surface area contributed by atoms with Crippen molar-refractivity contribution in [3.8, 4) is 6.07 Å². The predicted molar refractivity (Wildman–Crippen MR) is 80.4 cm³/mol. The Morgan fingerprint density at radius 1 is 1.30 bits per heavy atom. The lowest BCUT2D eigenvalue weighted by Gasteiger charge is -2.21. The first-order chi connectivity index (χ1) is 9.70. The molecule has 1 saturated carbocycles. The highest BCUT2D eigenvalue weighted by molar-refractivity contribution is 5.93. The monoisotopic (exact) mass is 270 g/mol. The Balaban J connectivity index is 1.98. The van der Waals surface area contributed by atoms with Crippen molar-refractivity contribution in [3.63, 3.8) is 0 Å². The number of nitriles is 1. The van der Waals surface area contributed by atoms with Gasteiger partial charge in [-0.3, -0.25) is 4.79 Å². The quantitative estimate of drug-likeness (QED) is 0.782. The van der Waals surface area contributed by atoms with E-state index >= 15 is 0 Å². The Bertz CT molecular complexity index is 496. The molecule has 3 heteroatoms. The van der Waals surface area contributed by atoms with Gasteiger partial charge in [0.2, 0.25) is 5.91 Å². The first kappa shape index (κ1) is 14.6. The number of rotatable bonds is 3. The molecule has 1 aromatic carbocycles. The van der Waals surface area contributed by atoms with Crippen molar-refractivity contribution in [3.05, 3.63) is 29.8 Å². The first-order valence-corrected chi connectivity index (χ1v) is 7.47. The van der Waals surface area contributed by atoms with E-state index in [-0.39, 0.29) is 5.91 Å². The molecule has 2 rings (SSSR count). The van der Waals surface area contributed by atoms with Gasteiger partial charge < -0.3 is 4.90 Å². The predicted octanol–water partition coefficient (Wildman–Crippen LogP) is 3.88. The molecule has 0 atom stereocenters. The summed E-state index contributed by atoms with van der Waals surface area (Å²) in [7, 11) is 1.80. The fourth-order valence-corrected chi connectivity index (χ4v) is 2.88. The van der Waals surface area contributed by atoms with Crippen LogP contribution >= 0.6 is 0 Å². The summed E-state index contributed by atoms with van der Waals surface area (Å²) in [6.45, 7) is 0. The number of amides is 1. The van der Waals surface area contributed by atoms with Crippen molar-refractivity contribution in [2.75, 3.05) is 11.9 Å². The van der Waals surface area contributed by atoms with Gasteiger partial charge in [0.05, 0.1) is 11.6 Å². The molecule has 0 aliphatic heterocycles. The molecule has 0 saturated heterocycles. The van der Waals surface area contributed by atoms with Crippen LogP contribution in [-0.2, 0) is 4.79 Å². The number of anilines is 1. The van der Waals surface area contributed by atoms with Crippen molar-refractivity contribution in [1.82, 2.24) is 0 Å². The van der Waals surface area contributed by atoms with Gasteiger partial charge in [0.25, 0.3) is 0 Å². The zero-order chi connectivity index (χ0) is 14.4. The van der Waals surface area contributed by atoms with Crippen LogP contribution in [0.1, 0.15) is 50.5 Å². The molecule has 1 amide bonds. The average Bonchev–Trinajstić information content (AvgIpc) is 2.75. The minimum atomic E-state index is 0.159. The fourth-order valence-electron chi connectivity index (χ4n) is 2.88. The molecule has 0 bridgehead atoms. The van der Waals surface area contributed by atoms with Crippen LogP contribution in [-0.4, -0.2) is 13.0 Å². The molecule has 1 aliphatic rings. The van der Waals surface area contributed by atoms with E-state index in [0.29, 0.717) is 17.9 Å². The van der Waals surface area contributed by atoms with Gasteiger partial charge in [-0.1, -0.05) is 31.7 Å². The van der Waals surface area contributed by atoms with E-state index in [1.54, 1.807) is 24.1 Å². The average molecular weight is 270 g/mol. The van der Waals surface area contributed by atoms with E-state index in [0.717, 1.165) is 5.69 Å². The van der Waals surface area contributed by atoms with E-state index in [2.05, 4.69) is 6.07 Å². The minimum absolute atomic E-state index is 0.159. The third-order valence-electron chi connectivity index (χ3n) is 4.17. The van der Waals surface area contributed by atoms with E-state index in [1.807, 2.05) is 12.1 Å². The van der Waals surface area contributed by atoms with Crippen LogP contribution < -0.4 is 4.90 Å². The molecule has 0 unspecified atom stereocenters. The van der Waals surface area contributed by atoms with Gasteiger partial charge in [0.15, 0.2) is 0 Å². The maximum Gasteiger partial charge on any atom is 0.226 e. The molecule has 1 aromatic rings. The molecule has 0 heterocycles. The number of hydrogen-bond donors (Lipinski definition) is 0. The van der Waals surface area contributed by atoms with Crippen LogP contribution in [0.25, 0.3) is 0 Å². The van der Waals surface area contributed by atoms with Crippen molar-refractivity contribution >= 4 is 11.6 Å². The summed E-state index contributed by atoms with van der Waals surface area (Å²) >= 11 is 0. The fraction of sp³-hybridized carbons (Fsp3) is 0.529.